The van der Waals surface area contributed by atoms with Crippen molar-refractivity contribution < 1.29 is 19.4 Å². The van der Waals surface area contributed by atoms with Crippen LogP contribution in [0.4, 0.5) is 5.69 Å². The molecule has 1 saturated heterocycles. The third-order valence-corrected chi connectivity index (χ3v) is 5.29. The summed E-state index contributed by atoms with van der Waals surface area (Å²) in [5, 5.41) is 11.1. The summed E-state index contributed by atoms with van der Waals surface area (Å²) in [7, 11) is 1.52. The van der Waals surface area contributed by atoms with Gasteiger partial charge in [0.1, 0.15) is 11.5 Å². The van der Waals surface area contributed by atoms with E-state index in [1.54, 1.807) is 48.8 Å². The fourth-order valence-electron chi connectivity index (χ4n) is 3.98. The average Bonchev–Trinajstić information content (AvgIpc) is 3.04. The Balaban J connectivity index is 1.96. The molecule has 6 nitrogen and oxygen atoms in total. The molecule has 4 rings (SSSR count). The summed E-state index contributed by atoms with van der Waals surface area (Å²) in [6.07, 6.45) is 3.20. The summed E-state index contributed by atoms with van der Waals surface area (Å²) in [5.74, 6) is -1.13. The molecule has 31 heavy (non-hydrogen) atoms. The number of hydrogen-bond acceptors (Lipinski definition) is 5. The number of rotatable bonds is 4. The van der Waals surface area contributed by atoms with Crippen molar-refractivity contribution in [2.45, 2.75) is 19.9 Å². The first-order chi connectivity index (χ1) is 14.9. The number of methoxy groups -OCH3 is 1. The lowest BCUT2D eigenvalue weighted by Gasteiger charge is -2.26. The number of aryl methyl sites for hydroxylation is 2. The number of carbonyl (C=O) groups is 2. The van der Waals surface area contributed by atoms with Crippen LogP contribution in [0, 0.1) is 13.8 Å². The maximum Gasteiger partial charge on any atom is 0.300 e. The van der Waals surface area contributed by atoms with Gasteiger partial charge in [0.25, 0.3) is 11.7 Å². The summed E-state index contributed by atoms with van der Waals surface area (Å²) in [6, 6.07) is 15.2. The summed E-state index contributed by atoms with van der Waals surface area (Å²) >= 11 is 0. The largest absolute Gasteiger partial charge is 0.507 e. The van der Waals surface area contributed by atoms with Gasteiger partial charge in [-0.25, -0.2) is 0 Å². The van der Waals surface area contributed by atoms with E-state index >= 15 is 0 Å². The summed E-state index contributed by atoms with van der Waals surface area (Å²) in [5.41, 5.74) is 3.65. The number of aliphatic hydroxyl groups excluding tert-OH is 1. The second-order valence-electron chi connectivity index (χ2n) is 7.53. The van der Waals surface area contributed by atoms with E-state index in [-0.39, 0.29) is 11.3 Å². The zero-order valence-corrected chi connectivity index (χ0v) is 17.5. The summed E-state index contributed by atoms with van der Waals surface area (Å²) in [6.45, 7) is 3.87. The number of anilines is 1. The van der Waals surface area contributed by atoms with Gasteiger partial charge in [0, 0.05) is 23.6 Å². The highest BCUT2D eigenvalue weighted by Gasteiger charge is 2.47. The molecule has 6 heteroatoms. The average molecular weight is 414 g/mol. The lowest BCUT2D eigenvalue weighted by atomic mass is 9.95. The molecule has 0 bridgehead atoms. The van der Waals surface area contributed by atoms with Crippen LogP contribution in [-0.4, -0.2) is 28.9 Å². The number of aliphatic hydroxyl groups is 1. The third-order valence-electron chi connectivity index (χ3n) is 5.29. The van der Waals surface area contributed by atoms with E-state index in [1.165, 1.54) is 12.0 Å². The Bertz CT molecular complexity index is 1180. The van der Waals surface area contributed by atoms with Crippen LogP contribution in [-0.2, 0) is 9.59 Å². The standard InChI is InChI=1S/C25H22N2O4/c1-15-11-16(2)13-19(12-15)27-22(17-7-9-26-10-8-17)21(24(29)25(27)30)23(28)18-5-4-6-20(14-18)31-3/h4-14,22,28H,1-3H3/b23-21+. The van der Waals surface area contributed by atoms with Gasteiger partial charge in [0.2, 0.25) is 0 Å². The predicted molar refractivity (Wildman–Crippen MR) is 118 cm³/mol. The van der Waals surface area contributed by atoms with E-state index in [2.05, 4.69) is 4.98 Å². The fraction of sp³-hybridized carbons (Fsp3) is 0.160. The minimum atomic E-state index is -0.782. The van der Waals surface area contributed by atoms with Crippen LogP contribution in [0.25, 0.3) is 5.76 Å². The normalized spacial score (nSPS) is 17.8. The van der Waals surface area contributed by atoms with Crippen LogP contribution in [0.2, 0.25) is 0 Å². The molecule has 1 aliphatic rings. The van der Waals surface area contributed by atoms with Crippen LogP contribution in [0.3, 0.4) is 0 Å². The lowest BCUT2D eigenvalue weighted by Crippen LogP contribution is -2.29. The monoisotopic (exact) mass is 414 g/mol. The Labute approximate surface area is 180 Å². The molecule has 1 aromatic heterocycles. The topological polar surface area (TPSA) is 79.7 Å². The van der Waals surface area contributed by atoms with E-state index in [0.29, 0.717) is 22.6 Å². The number of carbonyl (C=O) groups excluding carboxylic acids is 2. The van der Waals surface area contributed by atoms with Crippen molar-refractivity contribution in [3.8, 4) is 5.75 Å². The molecule has 2 aromatic carbocycles. The van der Waals surface area contributed by atoms with E-state index < -0.39 is 17.7 Å². The predicted octanol–water partition coefficient (Wildman–Crippen LogP) is 4.33. The van der Waals surface area contributed by atoms with Crippen molar-refractivity contribution in [3.63, 3.8) is 0 Å². The van der Waals surface area contributed by atoms with Gasteiger partial charge >= 0.3 is 0 Å². The highest BCUT2D eigenvalue weighted by Crippen LogP contribution is 2.42. The Morgan fingerprint density at radius 1 is 1.00 bits per heavy atom. The molecule has 0 spiro atoms. The van der Waals surface area contributed by atoms with Gasteiger partial charge in [-0.1, -0.05) is 18.2 Å². The Morgan fingerprint density at radius 3 is 2.32 bits per heavy atom. The third kappa shape index (κ3) is 3.68. The number of benzene rings is 2. The first-order valence-corrected chi connectivity index (χ1v) is 9.84. The molecule has 3 aromatic rings. The SMILES string of the molecule is COc1cccc(/C(O)=C2\C(=O)C(=O)N(c3cc(C)cc(C)c3)C2c2ccncc2)c1. The van der Waals surface area contributed by atoms with Gasteiger partial charge in [0.15, 0.2) is 0 Å². The highest BCUT2D eigenvalue weighted by atomic mass is 16.5. The van der Waals surface area contributed by atoms with Gasteiger partial charge in [0.05, 0.1) is 18.7 Å². The quantitative estimate of drug-likeness (QED) is 0.390. The number of nitrogens with zero attached hydrogens (tertiary/aromatic N) is 2. The van der Waals surface area contributed by atoms with E-state index in [0.717, 1.165) is 11.1 Å². The van der Waals surface area contributed by atoms with Crippen molar-refractivity contribution in [2.75, 3.05) is 12.0 Å². The van der Waals surface area contributed by atoms with Crippen LogP contribution < -0.4 is 9.64 Å². The van der Waals surface area contributed by atoms with E-state index in [1.807, 2.05) is 32.0 Å². The van der Waals surface area contributed by atoms with E-state index in [4.69, 9.17) is 4.74 Å². The molecular weight excluding hydrogens is 392 g/mol. The van der Waals surface area contributed by atoms with E-state index in [9.17, 15) is 14.7 Å². The Kier molecular flexibility index (Phi) is 5.29. The Morgan fingerprint density at radius 2 is 1.68 bits per heavy atom. The number of hydrogen-bond donors (Lipinski definition) is 1. The van der Waals surface area contributed by atoms with Crippen LogP contribution in [0.5, 0.6) is 5.75 Å². The second-order valence-corrected chi connectivity index (χ2v) is 7.53. The molecular formula is C25H22N2O4. The zero-order chi connectivity index (χ0) is 22.1. The molecule has 1 aliphatic heterocycles. The van der Waals surface area contributed by atoms with Gasteiger partial charge < -0.3 is 9.84 Å². The fourth-order valence-corrected chi connectivity index (χ4v) is 3.98. The van der Waals surface area contributed by atoms with Crippen molar-refractivity contribution >= 4 is 23.1 Å². The minimum absolute atomic E-state index is 0.0311. The number of pyridine rings is 1. The molecule has 1 N–H and O–H groups in total. The zero-order valence-electron chi connectivity index (χ0n) is 17.5. The lowest BCUT2D eigenvalue weighted by molar-refractivity contribution is -0.132. The number of Topliss-reactive ketones (excluding diaryl/α,β-unsaturated/α-hetero) is 1. The van der Waals surface area contributed by atoms with Crippen LogP contribution >= 0.6 is 0 Å². The van der Waals surface area contributed by atoms with Gasteiger partial charge in [-0.15, -0.1) is 0 Å². The van der Waals surface area contributed by atoms with Crippen molar-refractivity contribution in [3.05, 3.63) is 94.8 Å². The molecule has 0 aliphatic carbocycles. The van der Waals surface area contributed by atoms with Gasteiger partial charge in [-0.05, 0) is 66.9 Å². The number of amides is 1. The number of ketones is 1. The van der Waals surface area contributed by atoms with Crippen molar-refractivity contribution in [1.29, 1.82) is 0 Å². The van der Waals surface area contributed by atoms with Crippen LogP contribution in [0.1, 0.15) is 28.3 Å². The molecule has 2 heterocycles. The maximum absolute atomic E-state index is 13.2. The first-order valence-electron chi connectivity index (χ1n) is 9.84. The first kappa shape index (κ1) is 20.3. The molecule has 1 fully saturated rings. The molecule has 1 unspecified atom stereocenters. The highest BCUT2D eigenvalue weighted by molar-refractivity contribution is 6.51. The molecule has 0 saturated carbocycles. The second kappa shape index (κ2) is 8.07. The maximum atomic E-state index is 13.2. The number of aromatic nitrogens is 1. The molecule has 156 valence electrons. The minimum Gasteiger partial charge on any atom is -0.507 e. The summed E-state index contributed by atoms with van der Waals surface area (Å²) < 4.78 is 5.24. The molecule has 1 amide bonds. The smallest absolute Gasteiger partial charge is 0.300 e. The van der Waals surface area contributed by atoms with Crippen molar-refractivity contribution in [1.82, 2.24) is 4.98 Å². The summed E-state index contributed by atoms with van der Waals surface area (Å²) in [4.78, 5) is 31.8. The van der Waals surface area contributed by atoms with Gasteiger partial charge in [-0.2, -0.15) is 0 Å². The molecule has 0 radical (unpaired) electrons. The van der Waals surface area contributed by atoms with Crippen molar-refractivity contribution in [2.24, 2.45) is 0 Å². The number of ether oxygens (including phenoxy) is 1. The van der Waals surface area contributed by atoms with Crippen LogP contribution in [0.15, 0.2) is 72.6 Å². The van der Waals surface area contributed by atoms with Gasteiger partial charge in [-0.3, -0.25) is 19.5 Å². The molecule has 1 atom stereocenters. The Hall–Kier alpha value is -3.93.